The summed E-state index contributed by atoms with van der Waals surface area (Å²) in [4.78, 5) is 34.8. The van der Waals surface area contributed by atoms with Gasteiger partial charge in [0, 0.05) is 67.0 Å². The fourth-order valence-electron chi connectivity index (χ4n) is 7.21. The van der Waals surface area contributed by atoms with Gasteiger partial charge in [-0.1, -0.05) is 12.1 Å². The summed E-state index contributed by atoms with van der Waals surface area (Å²) in [5, 5.41) is 0.884. The Balaban J connectivity index is 1.08. The van der Waals surface area contributed by atoms with Crippen LogP contribution < -0.4 is 15.2 Å². The first-order valence-corrected chi connectivity index (χ1v) is 16.1. The molecule has 11 heteroatoms. The van der Waals surface area contributed by atoms with Gasteiger partial charge in [0.2, 0.25) is 0 Å². The van der Waals surface area contributed by atoms with E-state index in [1.807, 2.05) is 54.2 Å². The highest BCUT2D eigenvalue weighted by Gasteiger charge is 2.28. The summed E-state index contributed by atoms with van der Waals surface area (Å²) in [5.41, 5.74) is 5.39. The lowest BCUT2D eigenvalue weighted by Crippen LogP contribution is -2.33. The van der Waals surface area contributed by atoms with Crippen LogP contribution >= 0.6 is 0 Å². The first-order valence-electron chi connectivity index (χ1n) is 16.1. The molecule has 9 nitrogen and oxygen atoms in total. The average molecular weight is 654 g/mol. The van der Waals surface area contributed by atoms with Crippen LogP contribution in [0.2, 0.25) is 0 Å². The number of halogens is 2. The number of carbonyl (C=O) groups excluding carboxylic acids is 1. The number of nitrogens with zero attached hydrogens (tertiary/aromatic N) is 5. The lowest BCUT2D eigenvalue weighted by Gasteiger charge is -2.32. The predicted octanol–water partition coefficient (Wildman–Crippen LogP) is 5.74. The molecular formula is C37H37F2N5O4. The highest BCUT2D eigenvalue weighted by atomic mass is 19.1. The van der Waals surface area contributed by atoms with Crippen LogP contribution in [-0.4, -0.2) is 58.8 Å². The molecule has 0 bridgehead atoms. The van der Waals surface area contributed by atoms with Crippen LogP contribution in [0, 0.1) is 11.6 Å². The molecule has 248 valence electrons. The fraction of sp³-hybridized carbons (Fsp3) is 0.324. The van der Waals surface area contributed by atoms with Crippen LogP contribution in [0.5, 0.6) is 5.75 Å². The Morgan fingerprint density at radius 1 is 0.938 bits per heavy atom. The zero-order chi connectivity index (χ0) is 33.5. The summed E-state index contributed by atoms with van der Waals surface area (Å²) in [6.45, 7) is 3.43. The van der Waals surface area contributed by atoms with E-state index in [-0.39, 0.29) is 22.6 Å². The summed E-state index contributed by atoms with van der Waals surface area (Å²) in [5.74, 6) is -1.67. The first kappa shape index (κ1) is 31.6. The molecule has 0 amide bonds. The van der Waals surface area contributed by atoms with Gasteiger partial charge in [-0.15, -0.1) is 0 Å². The number of fused-ring (bicyclic) bond motifs is 2. The van der Waals surface area contributed by atoms with Gasteiger partial charge in [-0.2, -0.15) is 0 Å². The van der Waals surface area contributed by atoms with Gasteiger partial charge in [-0.25, -0.2) is 18.6 Å². The molecule has 0 saturated carbocycles. The van der Waals surface area contributed by atoms with Crippen molar-refractivity contribution in [3.8, 4) is 11.4 Å². The van der Waals surface area contributed by atoms with Crippen molar-refractivity contribution in [2.75, 3.05) is 38.8 Å². The van der Waals surface area contributed by atoms with Crippen molar-refractivity contribution in [1.82, 2.24) is 19.0 Å². The molecular weight excluding hydrogens is 616 g/mol. The van der Waals surface area contributed by atoms with Gasteiger partial charge in [-0.05, 0) is 86.3 Å². The molecule has 7 rings (SSSR count). The monoisotopic (exact) mass is 653 g/mol. The third kappa shape index (κ3) is 5.72. The third-order valence-electron chi connectivity index (χ3n) is 9.82. The average Bonchev–Trinajstić information content (AvgIpc) is 3.65. The summed E-state index contributed by atoms with van der Waals surface area (Å²) in [6.07, 6.45) is 5.43. The number of anilines is 1. The zero-order valence-electron chi connectivity index (χ0n) is 27.2. The van der Waals surface area contributed by atoms with Crippen molar-refractivity contribution in [1.29, 1.82) is 0 Å². The predicted molar refractivity (Wildman–Crippen MR) is 179 cm³/mol. The van der Waals surface area contributed by atoms with Crippen LogP contribution in [0.4, 0.5) is 14.5 Å². The number of aromatic nitrogens is 3. The maximum Gasteiger partial charge on any atom is 0.338 e. The molecule has 0 unspecified atom stereocenters. The second kappa shape index (κ2) is 12.9. The number of carbonyl (C=O) groups is 1. The molecule has 2 aromatic carbocycles. The number of hydrogen-bond donors (Lipinski definition) is 0. The molecule has 0 N–H and O–H groups in total. The summed E-state index contributed by atoms with van der Waals surface area (Å²) >= 11 is 0. The number of ether oxygens (including phenoxy) is 2. The number of hydrogen-bond acceptors (Lipinski definition) is 7. The standard InChI is InChI=1S/C37H37F2N5O4/c1-41-26(22-42-14-9-24(10-15-42)34-30(38)18-25(19-31(34)39)37(46)48-3)20-29-33(8-13-40-35(29)41)44-17-12-32-28(36(44)45)11-16-43(32)21-23-4-6-27(47-2)7-5-23/h4-8,12-13,17-20,24H,9-11,14-16,21-22H2,1-3H3. The Labute approximate surface area is 276 Å². The third-order valence-corrected chi connectivity index (χ3v) is 9.82. The summed E-state index contributed by atoms with van der Waals surface area (Å²) < 4.78 is 43.5. The SMILES string of the molecule is COC(=O)c1cc(F)c(C2CCN(Cc3cc4c(-n5ccc6c(c5=O)CCN6Cc5ccc(OC)cc5)ccnc4n3C)CC2)c(F)c1. The topological polar surface area (TPSA) is 81.8 Å². The Hall–Kier alpha value is -5.03. The Morgan fingerprint density at radius 2 is 1.67 bits per heavy atom. The lowest BCUT2D eigenvalue weighted by molar-refractivity contribution is 0.0599. The number of likely N-dealkylation sites (tertiary alicyclic amines) is 1. The minimum Gasteiger partial charge on any atom is -0.497 e. The fourth-order valence-corrected chi connectivity index (χ4v) is 7.21. The van der Waals surface area contributed by atoms with Crippen molar-refractivity contribution in [3.05, 3.63) is 117 Å². The molecule has 2 aliphatic rings. The minimum absolute atomic E-state index is 0.0243. The Kier molecular flexibility index (Phi) is 8.47. The van der Waals surface area contributed by atoms with Gasteiger partial charge in [0.05, 0.1) is 25.5 Å². The molecule has 2 aliphatic heterocycles. The Morgan fingerprint density at radius 3 is 2.35 bits per heavy atom. The van der Waals surface area contributed by atoms with E-state index in [0.29, 0.717) is 45.4 Å². The van der Waals surface area contributed by atoms with E-state index >= 15 is 0 Å². The van der Waals surface area contributed by atoms with Gasteiger partial charge in [0.1, 0.15) is 23.0 Å². The molecule has 0 atom stereocenters. The van der Waals surface area contributed by atoms with E-state index in [2.05, 4.69) is 25.6 Å². The number of methoxy groups -OCH3 is 2. The normalized spacial score (nSPS) is 15.2. The van der Waals surface area contributed by atoms with E-state index in [9.17, 15) is 18.4 Å². The lowest BCUT2D eigenvalue weighted by atomic mass is 9.88. The van der Waals surface area contributed by atoms with Crippen molar-refractivity contribution < 1.29 is 23.0 Å². The number of pyridine rings is 2. The molecule has 1 saturated heterocycles. The second-order valence-corrected chi connectivity index (χ2v) is 12.5. The van der Waals surface area contributed by atoms with E-state index in [4.69, 9.17) is 4.74 Å². The van der Waals surface area contributed by atoms with Crippen molar-refractivity contribution in [3.63, 3.8) is 0 Å². The molecule has 0 radical (unpaired) electrons. The quantitative estimate of drug-likeness (QED) is 0.198. The number of esters is 1. The maximum atomic E-state index is 14.9. The minimum atomic E-state index is -0.768. The number of rotatable bonds is 8. The maximum absolute atomic E-state index is 14.9. The molecule has 1 fully saturated rings. The smallest absolute Gasteiger partial charge is 0.338 e. The van der Waals surface area contributed by atoms with Gasteiger partial charge < -0.3 is 18.9 Å². The molecule has 0 aliphatic carbocycles. The molecule has 5 aromatic rings. The van der Waals surface area contributed by atoms with Gasteiger partial charge >= 0.3 is 5.97 Å². The van der Waals surface area contributed by atoms with Gasteiger partial charge in [-0.3, -0.25) is 14.3 Å². The van der Waals surface area contributed by atoms with E-state index < -0.39 is 17.6 Å². The highest BCUT2D eigenvalue weighted by molar-refractivity contribution is 5.89. The van der Waals surface area contributed by atoms with Crippen molar-refractivity contribution >= 4 is 22.7 Å². The van der Waals surface area contributed by atoms with Crippen molar-refractivity contribution in [2.24, 2.45) is 7.05 Å². The van der Waals surface area contributed by atoms with E-state index in [0.717, 1.165) is 63.7 Å². The molecule has 48 heavy (non-hydrogen) atoms. The van der Waals surface area contributed by atoms with Crippen LogP contribution in [0.15, 0.2) is 71.8 Å². The van der Waals surface area contributed by atoms with Crippen molar-refractivity contribution in [2.45, 2.75) is 38.3 Å². The van der Waals surface area contributed by atoms with Crippen LogP contribution in [0.25, 0.3) is 16.7 Å². The Bertz CT molecular complexity index is 2040. The molecule has 0 spiro atoms. The number of piperidine rings is 1. The number of benzene rings is 2. The highest BCUT2D eigenvalue weighted by Crippen LogP contribution is 2.34. The second-order valence-electron chi connectivity index (χ2n) is 12.5. The molecule has 5 heterocycles. The summed E-state index contributed by atoms with van der Waals surface area (Å²) in [6, 6.07) is 16.1. The first-order chi connectivity index (χ1) is 23.2. The largest absolute Gasteiger partial charge is 0.497 e. The zero-order valence-corrected chi connectivity index (χ0v) is 27.2. The van der Waals surface area contributed by atoms with Crippen LogP contribution in [-0.2, 0) is 31.3 Å². The summed E-state index contributed by atoms with van der Waals surface area (Å²) in [7, 11) is 4.80. The van der Waals surface area contributed by atoms with E-state index in [1.54, 1.807) is 17.9 Å². The van der Waals surface area contributed by atoms with E-state index in [1.165, 1.54) is 7.11 Å². The van der Waals surface area contributed by atoms with Gasteiger partial charge in [0.15, 0.2) is 0 Å². The molecule has 3 aromatic heterocycles. The van der Waals surface area contributed by atoms with Crippen LogP contribution in [0.1, 0.15) is 51.5 Å². The van der Waals surface area contributed by atoms with Gasteiger partial charge in [0.25, 0.3) is 5.56 Å². The van der Waals surface area contributed by atoms with Crippen LogP contribution in [0.3, 0.4) is 0 Å². The number of aryl methyl sites for hydroxylation is 1.